The second-order valence-corrected chi connectivity index (χ2v) is 5.83. The zero-order valence-corrected chi connectivity index (χ0v) is 13.0. The molecule has 9 heteroatoms. The number of aliphatic hydroxyl groups excluding tert-OH is 3. The Kier molecular flexibility index (Phi) is 3.85. The fraction of sp³-hybridized carbons (Fsp3) is 0.312. The maximum absolute atomic E-state index is 12.3. The van der Waals surface area contributed by atoms with E-state index in [1.807, 2.05) is 18.2 Å². The maximum atomic E-state index is 12.3. The lowest BCUT2D eigenvalue weighted by molar-refractivity contribution is -0.0511. The van der Waals surface area contributed by atoms with E-state index in [4.69, 9.17) is 4.74 Å². The first-order valence-corrected chi connectivity index (χ1v) is 7.75. The van der Waals surface area contributed by atoms with E-state index < -0.39 is 36.7 Å². The summed E-state index contributed by atoms with van der Waals surface area (Å²) < 4.78 is 6.88. The van der Waals surface area contributed by atoms with Crippen molar-refractivity contribution >= 4 is 11.2 Å². The first kappa shape index (κ1) is 15.9. The summed E-state index contributed by atoms with van der Waals surface area (Å²) in [6, 6.07) is 9.10. The van der Waals surface area contributed by atoms with E-state index in [0.29, 0.717) is 5.82 Å². The van der Waals surface area contributed by atoms with Gasteiger partial charge in [-0.25, -0.2) is 9.97 Å². The number of fused-ring (bicyclic) bond motifs is 1. The molecule has 25 heavy (non-hydrogen) atoms. The van der Waals surface area contributed by atoms with E-state index in [1.165, 1.54) is 10.9 Å². The highest BCUT2D eigenvalue weighted by atomic mass is 16.6. The van der Waals surface area contributed by atoms with Gasteiger partial charge in [-0.1, -0.05) is 30.3 Å². The third kappa shape index (κ3) is 2.53. The van der Waals surface area contributed by atoms with Crippen molar-refractivity contribution in [3.63, 3.8) is 0 Å². The van der Waals surface area contributed by atoms with Gasteiger partial charge in [0.1, 0.15) is 24.1 Å². The fourth-order valence-corrected chi connectivity index (χ4v) is 2.95. The van der Waals surface area contributed by atoms with Crippen LogP contribution in [0.15, 0.2) is 41.5 Å². The molecule has 3 aromatic rings. The highest BCUT2D eigenvalue weighted by Gasteiger charge is 2.44. The highest BCUT2D eigenvalue weighted by Crippen LogP contribution is 2.31. The second-order valence-electron chi connectivity index (χ2n) is 5.83. The molecule has 4 rings (SSSR count). The Morgan fingerprint density at radius 3 is 2.64 bits per heavy atom. The average molecular weight is 344 g/mol. The molecule has 3 heterocycles. The Bertz CT molecular complexity index is 954. The van der Waals surface area contributed by atoms with Crippen LogP contribution >= 0.6 is 0 Å². The van der Waals surface area contributed by atoms with Crippen LogP contribution < -0.4 is 5.56 Å². The van der Waals surface area contributed by atoms with Crippen molar-refractivity contribution in [2.75, 3.05) is 6.61 Å². The standard InChI is InChI=1S/C16H16N4O5/c21-6-9-11(22)12(23)16(25-9)20-7-17-10-14(20)18-13(19-15(10)24)8-4-2-1-3-5-8/h1-5,7,9,11-12,16,21-23H,6H2,(H,18,19,24)/t9-,11-,12-,16-/m1/s1. The SMILES string of the molecule is O=c1[nH]c(-c2ccccc2)nc2c1ncn2[C@@H]1O[C@H](CO)[C@@H](O)[C@H]1O. The lowest BCUT2D eigenvalue weighted by Crippen LogP contribution is -2.33. The monoisotopic (exact) mass is 344 g/mol. The molecule has 130 valence electrons. The van der Waals surface area contributed by atoms with Gasteiger partial charge in [0.15, 0.2) is 17.4 Å². The highest BCUT2D eigenvalue weighted by molar-refractivity contribution is 5.72. The molecule has 0 unspecified atom stereocenters. The number of aromatic amines is 1. The van der Waals surface area contributed by atoms with Gasteiger partial charge in [0.2, 0.25) is 0 Å². The van der Waals surface area contributed by atoms with Gasteiger partial charge in [-0.05, 0) is 0 Å². The van der Waals surface area contributed by atoms with E-state index in [0.717, 1.165) is 5.56 Å². The average Bonchev–Trinajstić information content (AvgIpc) is 3.18. The predicted octanol–water partition coefficient (Wildman–Crippen LogP) is -0.602. The summed E-state index contributed by atoms with van der Waals surface area (Å²) in [5, 5.41) is 29.4. The Labute approximate surface area is 141 Å². The summed E-state index contributed by atoms with van der Waals surface area (Å²) in [6.07, 6.45) is -3.14. The maximum Gasteiger partial charge on any atom is 0.279 e. The number of H-pyrrole nitrogens is 1. The fourth-order valence-electron chi connectivity index (χ4n) is 2.95. The van der Waals surface area contributed by atoms with Gasteiger partial charge in [-0.15, -0.1) is 0 Å². The number of ether oxygens (including phenoxy) is 1. The number of hydrogen-bond acceptors (Lipinski definition) is 7. The summed E-state index contributed by atoms with van der Waals surface area (Å²) in [7, 11) is 0. The Balaban J connectivity index is 1.84. The lowest BCUT2D eigenvalue weighted by Gasteiger charge is -2.16. The van der Waals surface area contributed by atoms with Crippen LogP contribution in [-0.4, -0.2) is 59.8 Å². The van der Waals surface area contributed by atoms with Gasteiger partial charge in [0, 0.05) is 5.56 Å². The van der Waals surface area contributed by atoms with Crippen LogP contribution in [0.25, 0.3) is 22.6 Å². The number of rotatable bonds is 3. The lowest BCUT2D eigenvalue weighted by atomic mass is 10.1. The normalized spacial score (nSPS) is 26.4. The molecule has 9 nitrogen and oxygen atoms in total. The zero-order chi connectivity index (χ0) is 17.6. The van der Waals surface area contributed by atoms with Crippen LogP contribution in [0.4, 0.5) is 0 Å². The molecule has 0 amide bonds. The van der Waals surface area contributed by atoms with E-state index in [1.54, 1.807) is 12.1 Å². The molecular weight excluding hydrogens is 328 g/mol. The van der Waals surface area contributed by atoms with Gasteiger partial charge >= 0.3 is 0 Å². The topological polar surface area (TPSA) is 133 Å². The van der Waals surface area contributed by atoms with Gasteiger partial charge in [-0.3, -0.25) is 9.36 Å². The van der Waals surface area contributed by atoms with Gasteiger partial charge in [0.25, 0.3) is 5.56 Å². The second kappa shape index (κ2) is 6.05. The Morgan fingerprint density at radius 1 is 1.20 bits per heavy atom. The molecule has 0 spiro atoms. The summed E-state index contributed by atoms with van der Waals surface area (Å²) in [5.41, 5.74) is 0.611. The first-order chi connectivity index (χ1) is 12.1. The van der Waals surface area contributed by atoms with E-state index in [-0.39, 0.29) is 11.2 Å². The van der Waals surface area contributed by atoms with Crippen molar-refractivity contribution in [3.05, 3.63) is 47.0 Å². The smallest absolute Gasteiger partial charge is 0.279 e. The summed E-state index contributed by atoms with van der Waals surface area (Å²) in [4.78, 5) is 23.4. The minimum Gasteiger partial charge on any atom is -0.394 e. The molecule has 4 N–H and O–H groups in total. The largest absolute Gasteiger partial charge is 0.394 e. The molecule has 0 saturated carbocycles. The quantitative estimate of drug-likeness (QED) is 0.498. The minimum atomic E-state index is -1.28. The van der Waals surface area contributed by atoms with E-state index in [2.05, 4.69) is 15.0 Å². The first-order valence-electron chi connectivity index (χ1n) is 7.75. The van der Waals surface area contributed by atoms with Crippen molar-refractivity contribution in [1.82, 2.24) is 19.5 Å². The summed E-state index contributed by atoms with van der Waals surface area (Å²) in [5.74, 6) is 0.353. The molecule has 2 aromatic heterocycles. The van der Waals surface area contributed by atoms with Crippen LogP contribution in [0.3, 0.4) is 0 Å². The number of imidazole rings is 1. The minimum absolute atomic E-state index is 0.0948. The van der Waals surface area contributed by atoms with Crippen LogP contribution in [0.2, 0.25) is 0 Å². The number of benzene rings is 1. The molecule has 4 atom stereocenters. The molecule has 1 aromatic carbocycles. The third-order valence-corrected chi connectivity index (χ3v) is 4.27. The van der Waals surface area contributed by atoms with Crippen molar-refractivity contribution in [2.45, 2.75) is 24.5 Å². The van der Waals surface area contributed by atoms with Crippen molar-refractivity contribution in [1.29, 1.82) is 0 Å². The Morgan fingerprint density at radius 2 is 1.96 bits per heavy atom. The van der Waals surface area contributed by atoms with Crippen LogP contribution in [0, 0.1) is 0 Å². The van der Waals surface area contributed by atoms with Crippen LogP contribution in [0.5, 0.6) is 0 Å². The van der Waals surface area contributed by atoms with Gasteiger partial charge < -0.3 is 25.0 Å². The van der Waals surface area contributed by atoms with Gasteiger partial charge in [-0.2, -0.15) is 0 Å². The predicted molar refractivity (Wildman–Crippen MR) is 86.6 cm³/mol. The number of nitrogens with one attached hydrogen (secondary N) is 1. The number of aliphatic hydroxyl groups is 3. The third-order valence-electron chi connectivity index (χ3n) is 4.27. The summed E-state index contributed by atoms with van der Waals surface area (Å²) in [6.45, 7) is -0.440. The van der Waals surface area contributed by atoms with Crippen LogP contribution in [-0.2, 0) is 4.74 Å². The van der Waals surface area contributed by atoms with Crippen molar-refractivity contribution in [2.24, 2.45) is 0 Å². The zero-order valence-electron chi connectivity index (χ0n) is 13.0. The molecule has 1 aliphatic rings. The van der Waals surface area contributed by atoms with E-state index in [9.17, 15) is 20.1 Å². The van der Waals surface area contributed by atoms with E-state index >= 15 is 0 Å². The van der Waals surface area contributed by atoms with Crippen molar-refractivity contribution in [3.8, 4) is 11.4 Å². The summed E-state index contributed by atoms with van der Waals surface area (Å²) >= 11 is 0. The number of nitrogens with zero attached hydrogens (tertiary/aromatic N) is 3. The molecule has 0 radical (unpaired) electrons. The number of aromatic nitrogens is 4. The molecular formula is C16H16N4O5. The van der Waals surface area contributed by atoms with Crippen molar-refractivity contribution < 1.29 is 20.1 Å². The molecule has 1 aliphatic heterocycles. The molecule has 0 bridgehead atoms. The Hall–Kier alpha value is -2.59. The molecule has 1 fully saturated rings. The molecule has 0 aliphatic carbocycles. The molecule has 1 saturated heterocycles. The number of hydrogen-bond donors (Lipinski definition) is 4. The van der Waals surface area contributed by atoms with Gasteiger partial charge in [0.05, 0.1) is 12.9 Å². The van der Waals surface area contributed by atoms with Crippen LogP contribution in [0.1, 0.15) is 6.23 Å².